The summed E-state index contributed by atoms with van der Waals surface area (Å²) in [4.78, 5) is 16.2. The van der Waals surface area contributed by atoms with Gasteiger partial charge in [-0.3, -0.25) is 4.79 Å². The van der Waals surface area contributed by atoms with Crippen LogP contribution in [0.2, 0.25) is 0 Å². The second kappa shape index (κ2) is 7.22. The Kier molecular flexibility index (Phi) is 4.85. The van der Waals surface area contributed by atoms with Crippen LogP contribution in [0, 0.1) is 0 Å². The molecule has 0 fully saturated rings. The van der Waals surface area contributed by atoms with Crippen molar-refractivity contribution in [1.29, 1.82) is 0 Å². The molecule has 0 unspecified atom stereocenters. The second-order valence-electron chi connectivity index (χ2n) is 5.18. The van der Waals surface area contributed by atoms with Crippen LogP contribution in [0.1, 0.15) is 5.56 Å². The fourth-order valence-corrected chi connectivity index (χ4v) is 2.88. The van der Waals surface area contributed by atoms with Crippen molar-refractivity contribution in [2.24, 2.45) is 0 Å². The van der Waals surface area contributed by atoms with E-state index in [1.54, 1.807) is 19.1 Å². The van der Waals surface area contributed by atoms with Crippen molar-refractivity contribution in [3.8, 4) is 16.5 Å². The molecule has 24 heavy (non-hydrogen) atoms. The normalized spacial score (nSPS) is 10.6. The molecule has 0 aliphatic heterocycles. The van der Waals surface area contributed by atoms with E-state index in [2.05, 4.69) is 15.4 Å². The van der Waals surface area contributed by atoms with E-state index < -0.39 is 0 Å². The van der Waals surface area contributed by atoms with Crippen LogP contribution in [0.25, 0.3) is 10.7 Å². The summed E-state index contributed by atoms with van der Waals surface area (Å²) in [6.07, 6.45) is 0. The fourth-order valence-electron chi connectivity index (χ4n) is 2.23. The van der Waals surface area contributed by atoms with Gasteiger partial charge in [0.25, 0.3) is 0 Å². The van der Waals surface area contributed by atoms with E-state index in [-0.39, 0.29) is 12.5 Å². The molecule has 2 heterocycles. The number of para-hydroxylation sites is 1. The molecule has 1 aromatic carbocycles. The molecule has 1 amide bonds. The van der Waals surface area contributed by atoms with Gasteiger partial charge in [-0.25, -0.2) is 0 Å². The van der Waals surface area contributed by atoms with E-state index in [1.165, 1.54) is 16.1 Å². The Morgan fingerprint density at radius 3 is 2.88 bits per heavy atom. The van der Waals surface area contributed by atoms with Crippen LogP contribution in [-0.4, -0.2) is 45.2 Å². The Morgan fingerprint density at radius 1 is 1.29 bits per heavy atom. The minimum Gasteiger partial charge on any atom is -0.496 e. The van der Waals surface area contributed by atoms with Crippen LogP contribution in [0.5, 0.6) is 5.75 Å². The third kappa shape index (κ3) is 3.60. The largest absolute Gasteiger partial charge is 0.496 e. The molecule has 7 nitrogen and oxygen atoms in total. The minimum absolute atomic E-state index is 0.0457. The van der Waals surface area contributed by atoms with Crippen LogP contribution in [0.4, 0.5) is 0 Å². The number of carbonyl (C=O) groups excluding carboxylic acids is 1. The van der Waals surface area contributed by atoms with Gasteiger partial charge in [-0.05, 0) is 22.7 Å². The molecule has 3 rings (SSSR count). The Hall–Kier alpha value is -2.74. The first-order valence-corrected chi connectivity index (χ1v) is 8.23. The predicted molar refractivity (Wildman–Crippen MR) is 90.6 cm³/mol. The molecule has 3 aromatic rings. The number of hydrogen-bond donors (Lipinski definition) is 0. The number of tetrazole rings is 1. The summed E-state index contributed by atoms with van der Waals surface area (Å²) in [5.41, 5.74) is 0.946. The zero-order valence-corrected chi connectivity index (χ0v) is 14.2. The van der Waals surface area contributed by atoms with Crippen molar-refractivity contribution in [2.75, 3.05) is 14.2 Å². The van der Waals surface area contributed by atoms with Crippen LogP contribution < -0.4 is 4.74 Å². The zero-order valence-electron chi connectivity index (χ0n) is 13.4. The van der Waals surface area contributed by atoms with Crippen LogP contribution in [0.15, 0.2) is 41.8 Å². The smallest absolute Gasteiger partial charge is 0.246 e. The SMILES string of the molecule is COc1ccccc1CN(C)C(=O)Cn1nnc(-c2cccs2)n1. The highest BCUT2D eigenvalue weighted by Gasteiger charge is 2.15. The first kappa shape index (κ1) is 16.1. The molecule has 8 heteroatoms. The average molecular weight is 343 g/mol. The summed E-state index contributed by atoms with van der Waals surface area (Å²) in [5.74, 6) is 1.19. The fraction of sp³-hybridized carbons (Fsp3) is 0.250. The Labute approximate surface area is 143 Å². The molecule has 0 spiro atoms. The Bertz CT molecular complexity index is 816. The lowest BCUT2D eigenvalue weighted by Crippen LogP contribution is -2.30. The maximum Gasteiger partial charge on any atom is 0.246 e. The number of nitrogens with zero attached hydrogens (tertiary/aromatic N) is 5. The van der Waals surface area contributed by atoms with E-state index in [0.717, 1.165) is 16.2 Å². The summed E-state index contributed by atoms with van der Waals surface area (Å²) in [5, 5.41) is 14.1. The maximum absolute atomic E-state index is 12.4. The first-order valence-electron chi connectivity index (χ1n) is 7.35. The molecule has 124 valence electrons. The molecule has 2 aromatic heterocycles. The van der Waals surface area contributed by atoms with E-state index in [1.807, 2.05) is 41.8 Å². The highest BCUT2D eigenvalue weighted by molar-refractivity contribution is 7.13. The number of ether oxygens (including phenoxy) is 1. The topological polar surface area (TPSA) is 73.1 Å². The predicted octanol–water partition coefficient (Wildman–Crippen LogP) is 2.07. The summed E-state index contributed by atoms with van der Waals surface area (Å²) >= 11 is 1.53. The van der Waals surface area contributed by atoms with Gasteiger partial charge in [0.1, 0.15) is 12.3 Å². The minimum atomic E-state index is -0.101. The molecular formula is C16H17N5O2S. The van der Waals surface area contributed by atoms with Crippen molar-refractivity contribution < 1.29 is 9.53 Å². The zero-order chi connectivity index (χ0) is 16.9. The molecule has 0 aliphatic carbocycles. The number of rotatable bonds is 6. The van der Waals surface area contributed by atoms with Crippen LogP contribution >= 0.6 is 11.3 Å². The number of aromatic nitrogens is 4. The van der Waals surface area contributed by atoms with E-state index >= 15 is 0 Å². The number of benzene rings is 1. The Morgan fingerprint density at radius 2 is 2.12 bits per heavy atom. The highest BCUT2D eigenvalue weighted by atomic mass is 32.1. The number of hydrogen-bond acceptors (Lipinski definition) is 6. The van der Waals surface area contributed by atoms with Gasteiger partial charge in [-0.2, -0.15) is 4.80 Å². The van der Waals surface area contributed by atoms with Gasteiger partial charge in [0.2, 0.25) is 11.7 Å². The summed E-state index contributed by atoms with van der Waals surface area (Å²) in [6.45, 7) is 0.499. The van der Waals surface area contributed by atoms with Crippen molar-refractivity contribution in [3.63, 3.8) is 0 Å². The first-order chi connectivity index (χ1) is 11.7. The summed E-state index contributed by atoms with van der Waals surface area (Å²) < 4.78 is 5.31. The van der Waals surface area contributed by atoms with Crippen molar-refractivity contribution in [1.82, 2.24) is 25.1 Å². The third-order valence-corrected chi connectivity index (χ3v) is 4.36. The maximum atomic E-state index is 12.4. The summed E-state index contributed by atoms with van der Waals surface area (Å²) in [7, 11) is 3.36. The van der Waals surface area contributed by atoms with Crippen LogP contribution in [-0.2, 0) is 17.9 Å². The number of amides is 1. The molecule has 0 radical (unpaired) electrons. The van der Waals surface area contributed by atoms with Gasteiger partial charge in [0.15, 0.2) is 0 Å². The highest BCUT2D eigenvalue weighted by Crippen LogP contribution is 2.20. The molecule has 0 atom stereocenters. The quantitative estimate of drug-likeness (QED) is 0.685. The average Bonchev–Trinajstić information content (AvgIpc) is 3.26. The molecular weight excluding hydrogens is 326 g/mol. The van der Waals surface area contributed by atoms with E-state index in [9.17, 15) is 4.79 Å². The standard InChI is InChI=1S/C16H17N5O2S/c1-20(10-12-6-3-4-7-13(12)23-2)15(22)11-21-18-16(17-19-21)14-8-5-9-24-14/h3-9H,10-11H2,1-2H3. The lowest BCUT2D eigenvalue weighted by molar-refractivity contribution is -0.131. The lowest BCUT2D eigenvalue weighted by Gasteiger charge is -2.18. The number of likely N-dealkylation sites (N-methyl/N-ethyl adjacent to an activating group) is 1. The number of thiophene rings is 1. The van der Waals surface area contributed by atoms with Gasteiger partial charge in [-0.1, -0.05) is 24.3 Å². The molecule has 0 saturated carbocycles. The van der Waals surface area contributed by atoms with Crippen molar-refractivity contribution in [2.45, 2.75) is 13.1 Å². The third-order valence-electron chi connectivity index (χ3n) is 3.50. The van der Waals surface area contributed by atoms with Gasteiger partial charge >= 0.3 is 0 Å². The van der Waals surface area contributed by atoms with Gasteiger partial charge in [0.05, 0.1) is 12.0 Å². The molecule has 0 N–H and O–H groups in total. The summed E-state index contributed by atoms with van der Waals surface area (Å²) in [6, 6.07) is 11.5. The van der Waals surface area contributed by atoms with Gasteiger partial charge in [-0.15, -0.1) is 21.5 Å². The number of carbonyl (C=O) groups is 1. The second-order valence-corrected chi connectivity index (χ2v) is 6.13. The van der Waals surface area contributed by atoms with Gasteiger partial charge < -0.3 is 9.64 Å². The van der Waals surface area contributed by atoms with E-state index in [4.69, 9.17) is 4.74 Å². The van der Waals surface area contributed by atoms with Crippen molar-refractivity contribution >= 4 is 17.2 Å². The Balaban J connectivity index is 1.64. The number of methoxy groups -OCH3 is 1. The van der Waals surface area contributed by atoms with Gasteiger partial charge in [0, 0.05) is 19.2 Å². The molecule has 0 aliphatic rings. The van der Waals surface area contributed by atoms with E-state index in [0.29, 0.717) is 12.4 Å². The van der Waals surface area contributed by atoms with Crippen LogP contribution in [0.3, 0.4) is 0 Å². The van der Waals surface area contributed by atoms with Crippen molar-refractivity contribution in [3.05, 3.63) is 47.3 Å². The lowest BCUT2D eigenvalue weighted by atomic mass is 10.2. The molecule has 0 bridgehead atoms. The molecule has 0 saturated heterocycles. The monoisotopic (exact) mass is 343 g/mol.